The number of fused-ring (bicyclic) bond motifs is 1. The molecule has 4 rings (SSSR count). The zero-order valence-corrected chi connectivity index (χ0v) is 12.4. The summed E-state index contributed by atoms with van der Waals surface area (Å²) < 4.78 is 0. The second-order valence-electron chi connectivity index (χ2n) is 5.03. The summed E-state index contributed by atoms with van der Waals surface area (Å²) in [7, 11) is 0. The smallest absolute Gasteiger partial charge is 0.255 e. The van der Waals surface area contributed by atoms with Crippen LogP contribution in [0, 0.1) is 0 Å². The average molecular weight is 307 g/mol. The molecule has 1 amide bonds. The molecule has 4 nitrogen and oxygen atoms in total. The number of thiazole rings is 1. The maximum absolute atomic E-state index is 12.2. The van der Waals surface area contributed by atoms with Crippen molar-refractivity contribution in [2.45, 2.75) is 6.17 Å². The third-order valence-corrected chi connectivity index (χ3v) is 4.50. The fourth-order valence-electron chi connectivity index (χ4n) is 2.49. The number of nitrogens with zero attached hydrogens (tertiary/aromatic N) is 1. The number of amides is 1. The number of benzene rings is 2. The first-order valence-corrected chi connectivity index (χ1v) is 7.86. The second kappa shape index (κ2) is 5.27. The maximum Gasteiger partial charge on any atom is 0.255 e. The molecule has 5 heteroatoms. The first-order chi connectivity index (χ1) is 10.8. The Hall–Kier alpha value is -2.66. The Morgan fingerprint density at radius 1 is 0.955 bits per heavy atom. The number of hydrogen-bond acceptors (Lipinski definition) is 4. The molecule has 2 heterocycles. The molecule has 1 aliphatic heterocycles. The SMILES string of the molecule is O=C1N[C@H](c2nc(-c3ccccc3)cs2)Nc2ccccc21. The Balaban J connectivity index is 1.64. The van der Waals surface area contributed by atoms with Crippen LogP contribution >= 0.6 is 11.3 Å². The summed E-state index contributed by atoms with van der Waals surface area (Å²) >= 11 is 1.54. The van der Waals surface area contributed by atoms with Gasteiger partial charge >= 0.3 is 0 Å². The molecule has 1 aliphatic rings. The Morgan fingerprint density at radius 3 is 2.59 bits per heavy atom. The summed E-state index contributed by atoms with van der Waals surface area (Å²) in [4.78, 5) is 16.8. The van der Waals surface area contributed by atoms with Crippen molar-refractivity contribution in [3.63, 3.8) is 0 Å². The topological polar surface area (TPSA) is 54.0 Å². The van der Waals surface area contributed by atoms with Crippen molar-refractivity contribution in [2.75, 3.05) is 5.32 Å². The molecule has 0 bridgehead atoms. The van der Waals surface area contributed by atoms with E-state index in [1.807, 2.05) is 60.0 Å². The summed E-state index contributed by atoms with van der Waals surface area (Å²) in [6, 6.07) is 17.5. The molecule has 108 valence electrons. The molecule has 0 fully saturated rings. The van der Waals surface area contributed by atoms with Gasteiger partial charge in [-0.05, 0) is 12.1 Å². The normalized spacial score (nSPS) is 16.5. The third-order valence-electron chi connectivity index (χ3n) is 3.59. The van der Waals surface area contributed by atoms with Crippen molar-refractivity contribution in [2.24, 2.45) is 0 Å². The molecule has 0 radical (unpaired) electrons. The predicted molar refractivity (Wildman–Crippen MR) is 87.8 cm³/mol. The molecule has 22 heavy (non-hydrogen) atoms. The van der Waals surface area contributed by atoms with E-state index in [4.69, 9.17) is 0 Å². The monoisotopic (exact) mass is 307 g/mol. The van der Waals surface area contributed by atoms with Gasteiger partial charge < -0.3 is 10.6 Å². The van der Waals surface area contributed by atoms with E-state index >= 15 is 0 Å². The van der Waals surface area contributed by atoms with Crippen LogP contribution in [0.3, 0.4) is 0 Å². The average Bonchev–Trinajstić information content (AvgIpc) is 3.06. The first-order valence-electron chi connectivity index (χ1n) is 6.98. The summed E-state index contributed by atoms with van der Waals surface area (Å²) in [5.41, 5.74) is 3.51. The van der Waals surface area contributed by atoms with Crippen molar-refractivity contribution >= 4 is 22.9 Å². The molecule has 0 saturated heterocycles. The van der Waals surface area contributed by atoms with Crippen LogP contribution in [0.5, 0.6) is 0 Å². The molecular weight excluding hydrogens is 294 g/mol. The molecule has 0 saturated carbocycles. The molecule has 2 aromatic carbocycles. The van der Waals surface area contributed by atoms with Gasteiger partial charge in [0.25, 0.3) is 5.91 Å². The summed E-state index contributed by atoms with van der Waals surface area (Å²) in [5, 5.41) is 9.14. The molecule has 0 unspecified atom stereocenters. The van der Waals surface area contributed by atoms with Crippen molar-refractivity contribution < 1.29 is 4.79 Å². The lowest BCUT2D eigenvalue weighted by Gasteiger charge is -2.26. The van der Waals surface area contributed by atoms with Gasteiger partial charge in [0, 0.05) is 16.6 Å². The van der Waals surface area contributed by atoms with Gasteiger partial charge in [0.05, 0.1) is 11.3 Å². The molecular formula is C17H13N3OS. The fraction of sp³-hybridized carbons (Fsp3) is 0.0588. The lowest BCUT2D eigenvalue weighted by atomic mass is 10.1. The number of nitrogens with one attached hydrogen (secondary N) is 2. The van der Waals surface area contributed by atoms with E-state index in [0.717, 1.165) is 22.0 Å². The largest absolute Gasteiger partial charge is 0.359 e. The van der Waals surface area contributed by atoms with E-state index < -0.39 is 0 Å². The van der Waals surface area contributed by atoms with Crippen molar-refractivity contribution in [3.05, 3.63) is 70.5 Å². The molecule has 1 atom stereocenters. The van der Waals surface area contributed by atoms with Gasteiger partial charge in [0.15, 0.2) is 6.17 Å². The minimum Gasteiger partial charge on any atom is -0.359 e. The predicted octanol–water partition coefficient (Wildman–Crippen LogP) is 3.66. The van der Waals surface area contributed by atoms with E-state index in [1.165, 1.54) is 11.3 Å². The Labute approximate surface area is 131 Å². The highest BCUT2D eigenvalue weighted by Gasteiger charge is 2.26. The van der Waals surface area contributed by atoms with Crippen LogP contribution in [0.15, 0.2) is 60.0 Å². The van der Waals surface area contributed by atoms with Gasteiger partial charge in [-0.1, -0.05) is 42.5 Å². The Morgan fingerprint density at radius 2 is 1.73 bits per heavy atom. The lowest BCUT2D eigenvalue weighted by molar-refractivity contribution is 0.0935. The number of para-hydroxylation sites is 1. The number of carbonyl (C=O) groups is 1. The van der Waals surface area contributed by atoms with Crippen LogP contribution in [0.4, 0.5) is 5.69 Å². The summed E-state index contributed by atoms with van der Waals surface area (Å²) in [6.07, 6.45) is -0.287. The number of anilines is 1. The van der Waals surface area contributed by atoms with Crippen LogP contribution in [-0.4, -0.2) is 10.9 Å². The third kappa shape index (κ3) is 2.25. The zero-order chi connectivity index (χ0) is 14.9. The number of carbonyl (C=O) groups excluding carboxylic acids is 1. The van der Waals surface area contributed by atoms with Crippen molar-refractivity contribution in [1.82, 2.24) is 10.3 Å². The highest BCUT2D eigenvalue weighted by Crippen LogP contribution is 2.30. The Bertz CT molecular complexity index is 829. The van der Waals surface area contributed by atoms with E-state index in [1.54, 1.807) is 0 Å². The van der Waals surface area contributed by atoms with Crippen LogP contribution < -0.4 is 10.6 Å². The van der Waals surface area contributed by atoms with E-state index in [9.17, 15) is 4.79 Å². The number of aromatic nitrogens is 1. The van der Waals surface area contributed by atoms with Crippen LogP contribution in [0.25, 0.3) is 11.3 Å². The van der Waals surface area contributed by atoms with Gasteiger partial charge in [-0.2, -0.15) is 0 Å². The van der Waals surface area contributed by atoms with Crippen LogP contribution in [0.1, 0.15) is 21.5 Å². The highest BCUT2D eigenvalue weighted by atomic mass is 32.1. The van der Waals surface area contributed by atoms with E-state index in [2.05, 4.69) is 15.6 Å². The standard InChI is InChI=1S/C17H13N3OS/c21-16-12-8-4-5-9-13(12)18-15(20-16)17-19-14(10-22-17)11-6-2-1-3-7-11/h1-10,15,18H,(H,20,21)/t15-/m1/s1. The zero-order valence-electron chi connectivity index (χ0n) is 11.6. The van der Waals surface area contributed by atoms with Gasteiger partial charge in [0.1, 0.15) is 5.01 Å². The summed E-state index contributed by atoms with van der Waals surface area (Å²) in [5.74, 6) is -0.0733. The minimum atomic E-state index is -0.287. The molecule has 3 aromatic rings. The van der Waals surface area contributed by atoms with Gasteiger partial charge in [-0.15, -0.1) is 11.3 Å². The minimum absolute atomic E-state index is 0.0733. The van der Waals surface area contributed by atoms with E-state index in [0.29, 0.717) is 5.56 Å². The number of rotatable bonds is 2. The highest BCUT2D eigenvalue weighted by molar-refractivity contribution is 7.10. The van der Waals surface area contributed by atoms with Gasteiger partial charge in [-0.3, -0.25) is 4.79 Å². The molecule has 0 spiro atoms. The lowest BCUT2D eigenvalue weighted by Crippen LogP contribution is -2.38. The molecule has 1 aromatic heterocycles. The van der Waals surface area contributed by atoms with Gasteiger partial charge in [-0.25, -0.2) is 4.98 Å². The van der Waals surface area contributed by atoms with Gasteiger partial charge in [0.2, 0.25) is 0 Å². The van der Waals surface area contributed by atoms with E-state index in [-0.39, 0.29) is 12.1 Å². The van der Waals surface area contributed by atoms with Crippen LogP contribution in [-0.2, 0) is 0 Å². The first kappa shape index (κ1) is 13.0. The quantitative estimate of drug-likeness (QED) is 0.759. The molecule has 2 N–H and O–H groups in total. The summed E-state index contributed by atoms with van der Waals surface area (Å²) in [6.45, 7) is 0. The fourth-order valence-corrected chi connectivity index (χ4v) is 3.32. The Kier molecular flexibility index (Phi) is 3.12. The van der Waals surface area contributed by atoms with Crippen LogP contribution in [0.2, 0.25) is 0 Å². The molecule has 0 aliphatic carbocycles. The number of hydrogen-bond donors (Lipinski definition) is 2. The van der Waals surface area contributed by atoms with Crippen molar-refractivity contribution in [3.8, 4) is 11.3 Å². The van der Waals surface area contributed by atoms with Crippen molar-refractivity contribution in [1.29, 1.82) is 0 Å². The maximum atomic E-state index is 12.2. The second-order valence-corrected chi connectivity index (χ2v) is 5.92.